The quantitative estimate of drug-likeness (QED) is 0.640. The Morgan fingerprint density at radius 1 is 1.25 bits per heavy atom. The van der Waals surface area contributed by atoms with Gasteiger partial charge in [-0.15, -0.1) is 0 Å². The number of carboxylic acids is 1. The van der Waals surface area contributed by atoms with Crippen LogP contribution in [0.3, 0.4) is 0 Å². The molecule has 1 aromatic rings. The molecule has 0 radical (unpaired) electrons. The second-order valence-electron chi connectivity index (χ2n) is 3.75. The largest absolute Gasteiger partial charge is 0.480 e. The first-order valence-electron chi connectivity index (χ1n) is 5.55. The van der Waals surface area contributed by atoms with Gasteiger partial charge in [0.2, 0.25) is 15.9 Å². The van der Waals surface area contributed by atoms with Crippen molar-refractivity contribution in [2.45, 2.75) is 11.3 Å². The van der Waals surface area contributed by atoms with Gasteiger partial charge in [-0.2, -0.15) is 0 Å². The van der Waals surface area contributed by atoms with Crippen LogP contribution in [-0.4, -0.2) is 38.5 Å². The Bertz CT molecular complexity index is 603. The minimum Gasteiger partial charge on any atom is -0.480 e. The van der Waals surface area contributed by atoms with Crippen LogP contribution in [0.25, 0.3) is 0 Å². The number of hydrogen-bond acceptors (Lipinski definition) is 4. The van der Waals surface area contributed by atoms with Crippen molar-refractivity contribution in [3.8, 4) is 0 Å². The molecule has 0 fully saturated rings. The summed E-state index contributed by atoms with van der Waals surface area (Å²) in [7, 11) is -4.04. The summed E-state index contributed by atoms with van der Waals surface area (Å²) in [4.78, 5) is 20.8. The minimum atomic E-state index is -4.04. The van der Waals surface area contributed by atoms with Gasteiger partial charge in [0, 0.05) is 13.0 Å². The Morgan fingerprint density at radius 2 is 1.90 bits per heavy atom. The van der Waals surface area contributed by atoms with Gasteiger partial charge in [0.1, 0.15) is 17.3 Å². The average molecular weight is 304 g/mol. The van der Waals surface area contributed by atoms with Crippen molar-refractivity contribution < 1.29 is 27.5 Å². The summed E-state index contributed by atoms with van der Waals surface area (Å²) in [6.07, 6.45) is -0.249. The van der Waals surface area contributed by atoms with E-state index in [1.807, 2.05) is 0 Å². The number of sulfonamides is 1. The lowest BCUT2D eigenvalue weighted by Crippen LogP contribution is -2.33. The van der Waals surface area contributed by atoms with E-state index in [4.69, 9.17) is 5.11 Å². The summed E-state index contributed by atoms with van der Waals surface area (Å²) in [5, 5.41) is 10.4. The highest BCUT2D eigenvalue weighted by atomic mass is 32.2. The first-order chi connectivity index (χ1) is 9.33. The number of carbonyl (C=O) groups excluding carboxylic acids is 1. The number of carbonyl (C=O) groups is 2. The number of rotatable bonds is 7. The fraction of sp³-hybridized carbons (Fsp3) is 0.273. The van der Waals surface area contributed by atoms with Crippen molar-refractivity contribution in [3.63, 3.8) is 0 Å². The SMILES string of the molecule is O=C(O)CNC(=O)CCNS(=O)(=O)c1ccccc1F. The second-order valence-corrected chi connectivity index (χ2v) is 5.48. The van der Waals surface area contributed by atoms with Crippen molar-refractivity contribution in [1.29, 1.82) is 0 Å². The van der Waals surface area contributed by atoms with Crippen LogP contribution in [0.4, 0.5) is 4.39 Å². The van der Waals surface area contributed by atoms with Gasteiger partial charge < -0.3 is 10.4 Å². The number of carboxylic acid groups (broad SMARTS) is 1. The van der Waals surface area contributed by atoms with Crippen LogP contribution >= 0.6 is 0 Å². The van der Waals surface area contributed by atoms with E-state index < -0.39 is 39.2 Å². The molecule has 9 heteroatoms. The predicted octanol–water partition coefficient (Wildman–Crippen LogP) is -0.305. The predicted molar refractivity (Wildman–Crippen MR) is 66.9 cm³/mol. The Morgan fingerprint density at radius 3 is 2.50 bits per heavy atom. The van der Waals surface area contributed by atoms with Crippen LogP contribution in [0.5, 0.6) is 0 Å². The van der Waals surface area contributed by atoms with Crippen molar-refractivity contribution >= 4 is 21.9 Å². The van der Waals surface area contributed by atoms with E-state index in [9.17, 15) is 22.4 Å². The van der Waals surface area contributed by atoms with E-state index in [1.165, 1.54) is 12.1 Å². The highest BCUT2D eigenvalue weighted by molar-refractivity contribution is 7.89. The highest BCUT2D eigenvalue weighted by Crippen LogP contribution is 2.12. The van der Waals surface area contributed by atoms with Gasteiger partial charge >= 0.3 is 5.97 Å². The van der Waals surface area contributed by atoms with Crippen molar-refractivity contribution in [2.75, 3.05) is 13.1 Å². The number of aliphatic carboxylic acids is 1. The van der Waals surface area contributed by atoms with E-state index in [0.29, 0.717) is 0 Å². The monoisotopic (exact) mass is 304 g/mol. The van der Waals surface area contributed by atoms with Gasteiger partial charge in [-0.05, 0) is 12.1 Å². The summed E-state index contributed by atoms with van der Waals surface area (Å²) < 4.78 is 38.8. The van der Waals surface area contributed by atoms with Crippen molar-refractivity contribution in [3.05, 3.63) is 30.1 Å². The molecular formula is C11H13FN2O5S. The van der Waals surface area contributed by atoms with E-state index in [-0.39, 0.29) is 13.0 Å². The first-order valence-corrected chi connectivity index (χ1v) is 7.04. The third-order valence-electron chi connectivity index (χ3n) is 2.21. The smallest absolute Gasteiger partial charge is 0.322 e. The van der Waals surface area contributed by atoms with Crippen LogP contribution < -0.4 is 10.0 Å². The molecule has 0 spiro atoms. The Kier molecular flexibility index (Phi) is 5.59. The molecule has 0 aliphatic carbocycles. The Balaban J connectivity index is 2.51. The summed E-state index contributed by atoms with van der Waals surface area (Å²) >= 11 is 0. The third-order valence-corrected chi connectivity index (χ3v) is 3.70. The molecule has 1 aromatic carbocycles. The molecule has 0 saturated heterocycles. The second kappa shape index (κ2) is 6.96. The number of benzene rings is 1. The number of halogens is 1. The van der Waals surface area contributed by atoms with E-state index >= 15 is 0 Å². The fourth-order valence-electron chi connectivity index (χ4n) is 1.30. The molecule has 0 aromatic heterocycles. The molecule has 0 aliphatic rings. The summed E-state index contributed by atoms with van der Waals surface area (Å²) in [5.74, 6) is -2.72. The molecule has 110 valence electrons. The fourth-order valence-corrected chi connectivity index (χ4v) is 2.41. The molecule has 7 nitrogen and oxygen atoms in total. The number of nitrogens with one attached hydrogen (secondary N) is 2. The average Bonchev–Trinajstić information content (AvgIpc) is 2.36. The number of amides is 1. The zero-order valence-corrected chi connectivity index (χ0v) is 11.1. The third kappa shape index (κ3) is 4.94. The van der Waals surface area contributed by atoms with Crippen LogP contribution in [-0.2, 0) is 19.6 Å². The van der Waals surface area contributed by atoms with Crippen molar-refractivity contribution in [2.24, 2.45) is 0 Å². The molecule has 1 rings (SSSR count). The zero-order chi connectivity index (χ0) is 15.2. The molecule has 20 heavy (non-hydrogen) atoms. The van der Waals surface area contributed by atoms with E-state index in [2.05, 4.69) is 10.0 Å². The highest BCUT2D eigenvalue weighted by Gasteiger charge is 2.18. The summed E-state index contributed by atoms with van der Waals surface area (Å²) in [6.45, 7) is -0.805. The van der Waals surface area contributed by atoms with Crippen LogP contribution in [0.2, 0.25) is 0 Å². The van der Waals surface area contributed by atoms with Gasteiger partial charge in [-0.3, -0.25) is 9.59 Å². The normalized spacial score (nSPS) is 11.1. The Hall–Kier alpha value is -2.00. The molecule has 0 saturated carbocycles. The van der Waals surface area contributed by atoms with Gasteiger partial charge in [-0.25, -0.2) is 17.5 Å². The lowest BCUT2D eigenvalue weighted by atomic mass is 10.4. The maximum atomic E-state index is 13.3. The number of hydrogen-bond donors (Lipinski definition) is 3. The molecule has 0 atom stereocenters. The van der Waals surface area contributed by atoms with E-state index in [0.717, 1.165) is 12.1 Å². The van der Waals surface area contributed by atoms with Gasteiger partial charge in [0.15, 0.2) is 0 Å². The molecule has 1 amide bonds. The molecular weight excluding hydrogens is 291 g/mol. The summed E-state index contributed by atoms with van der Waals surface area (Å²) in [5.41, 5.74) is 0. The lowest BCUT2D eigenvalue weighted by molar-refractivity contribution is -0.137. The van der Waals surface area contributed by atoms with Crippen molar-refractivity contribution in [1.82, 2.24) is 10.0 Å². The molecule has 0 heterocycles. The van der Waals surface area contributed by atoms with Gasteiger partial charge in [0.25, 0.3) is 0 Å². The topological polar surface area (TPSA) is 113 Å². The molecule has 0 aliphatic heterocycles. The van der Waals surface area contributed by atoms with Crippen LogP contribution in [0.15, 0.2) is 29.2 Å². The van der Waals surface area contributed by atoms with Crippen LogP contribution in [0.1, 0.15) is 6.42 Å². The maximum absolute atomic E-state index is 13.3. The minimum absolute atomic E-state index is 0.249. The van der Waals surface area contributed by atoms with Gasteiger partial charge in [-0.1, -0.05) is 12.1 Å². The van der Waals surface area contributed by atoms with Gasteiger partial charge in [0.05, 0.1) is 0 Å². The van der Waals surface area contributed by atoms with E-state index in [1.54, 1.807) is 0 Å². The van der Waals surface area contributed by atoms with Crippen LogP contribution in [0, 0.1) is 5.82 Å². The maximum Gasteiger partial charge on any atom is 0.322 e. The molecule has 0 unspecified atom stereocenters. The molecule has 3 N–H and O–H groups in total. The molecule has 0 bridgehead atoms. The Labute approximate surface area is 114 Å². The standard InChI is InChI=1S/C11H13FN2O5S/c12-8-3-1-2-4-9(8)20(18,19)14-6-5-10(15)13-7-11(16)17/h1-4,14H,5-7H2,(H,13,15)(H,16,17). The zero-order valence-electron chi connectivity index (χ0n) is 10.3. The summed E-state index contributed by atoms with van der Waals surface area (Å²) in [6, 6.07) is 4.83. The first kappa shape index (κ1) is 16.1. The lowest BCUT2D eigenvalue weighted by Gasteiger charge is -2.07.